The van der Waals surface area contributed by atoms with E-state index in [4.69, 9.17) is 4.74 Å². The van der Waals surface area contributed by atoms with E-state index in [0.29, 0.717) is 29.2 Å². The minimum atomic E-state index is -0.325. The van der Waals surface area contributed by atoms with E-state index in [-0.39, 0.29) is 11.7 Å². The molecule has 148 valence electrons. The SMILES string of the molecule is CC(=O)c1cc(N(C)C)ccc1NC(=O)c1ccccc1OCc1ccccc1. The van der Waals surface area contributed by atoms with Crippen molar-refractivity contribution in [3.05, 3.63) is 89.5 Å². The van der Waals surface area contributed by atoms with Crippen LogP contribution in [0.4, 0.5) is 11.4 Å². The van der Waals surface area contributed by atoms with Crippen molar-refractivity contribution in [2.45, 2.75) is 13.5 Å². The molecule has 0 aromatic heterocycles. The first-order valence-corrected chi connectivity index (χ1v) is 9.35. The fourth-order valence-electron chi connectivity index (χ4n) is 2.92. The van der Waals surface area contributed by atoms with Crippen LogP contribution in [0, 0.1) is 0 Å². The molecule has 5 nitrogen and oxygen atoms in total. The molecule has 1 N–H and O–H groups in total. The van der Waals surface area contributed by atoms with Crippen LogP contribution in [0.3, 0.4) is 0 Å². The molecule has 0 saturated carbocycles. The highest BCUT2D eigenvalue weighted by molar-refractivity contribution is 6.10. The van der Waals surface area contributed by atoms with E-state index < -0.39 is 0 Å². The lowest BCUT2D eigenvalue weighted by Crippen LogP contribution is -2.16. The first-order chi connectivity index (χ1) is 14.0. The Morgan fingerprint density at radius 1 is 0.897 bits per heavy atom. The number of ether oxygens (including phenoxy) is 1. The van der Waals surface area contributed by atoms with E-state index in [1.165, 1.54) is 6.92 Å². The van der Waals surface area contributed by atoms with Crippen molar-refractivity contribution in [2.75, 3.05) is 24.3 Å². The van der Waals surface area contributed by atoms with Gasteiger partial charge in [0.25, 0.3) is 5.91 Å². The predicted octanol–water partition coefficient (Wildman–Crippen LogP) is 4.79. The summed E-state index contributed by atoms with van der Waals surface area (Å²) in [5.41, 5.74) is 3.26. The Bertz CT molecular complexity index is 1010. The number of hydrogen-bond acceptors (Lipinski definition) is 4. The Hall–Kier alpha value is -3.60. The average molecular weight is 388 g/mol. The molecule has 3 aromatic carbocycles. The summed E-state index contributed by atoms with van der Waals surface area (Å²) in [4.78, 5) is 26.9. The van der Waals surface area contributed by atoms with Crippen LogP contribution in [0.2, 0.25) is 0 Å². The summed E-state index contributed by atoms with van der Waals surface area (Å²) < 4.78 is 5.88. The molecule has 0 bridgehead atoms. The van der Waals surface area contributed by atoms with Gasteiger partial charge < -0.3 is 15.0 Å². The van der Waals surface area contributed by atoms with Gasteiger partial charge in [0.1, 0.15) is 12.4 Å². The Morgan fingerprint density at radius 3 is 2.28 bits per heavy atom. The van der Waals surface area contributed by atoms with Gasteiger partial charge in [-0.1, -0.05) is 42.5 Å². The first-order valence-electron chi connectivity index (χ1n) is 9.35. The number of amides is 1. The van der Waals surface area contributed by atoms with E-state index in [0.717, 1.165) is 11.3 Å². The molecule has 0 atom stereocenters. The van der Waals surface area contributed by atoms with Gasteiger partial charge >= 0.3 is 0 Å². The summed E-state index contributed by atoms with van der Waals surface area (Å²) in [7, 11) is 3.80. The maximum atomic E-state index is 12.9. The van der Waals surface area contributed by atoms with Crippen LogP contribution < -0.4 is 15.0 Å². The second kappa shape index (κ2) is 9.06. The van der Waals surface area contributed by atoms with Crippen LogP contribution in [0.1, 0.15) is 33.2 Å². The molecule has 0 spiro atoms. The Balaban J connectivity index is 1.82. The van der Waals surface area contributed by atoms with Crippen LogP contribution in [-0.2, 0) is 6.61 Å². The highest BCUT2D eigenvalue weighted by Crippen LogP contribution is 2.25. The van der Waals surface area contributed by atoms with Gasteiger partial charge in [0.05, 0.1) is 11.3 Å². The molecule has 3 rings (SSSR count). The molecule has 0 aliphatic heterocycles. The van der Waals surface area contributed by atoms with Crippen molar-refractivity contribution in [3.63, 3.8) is 0 Å². The quantitative estimate of drug-likeness (QED) is 0.592. The van der Waals surface area contributed by atoms with Crippen molar-refractivity contribution < 1.29 is 14.3 Å². The molecule has 29 heavy (non-hydrogen) atoms. The van der Waals surface area contributed by atoms with Crippen LogP contribution in [-0.4, -0.2) is 25.8 Å². The van der Waals surface area contributed by atoms with Gasteiger partial charge in [-0.3, -0.25) is 9.59 Å². The molecular weight excluding hydrogens is 364 g/mol. The molecule has 0 heterocycles. The molecule has 0 radical (unpaired) electrons. The van der Waals surface area contributed by atoms with Crippen LogP contribution >= 0.6 is 0 Å². The number of nitrogens with one attached hydrogen (secondary N) is 1. The smallest absolute Gasteiger partial charge is 0.259 e. The van der Waals surface area contributed by atoms with Gasteiger partial charge in [-0.15, -0.1) is 0 Å². The van der Waals surface area contributed by atoms with E-state index >= 15 is 0 Å². The zero-order chi connectivity index (χ0) is 20.8. The van der Waals surface area contributed by atoms with Crippen molar-refractivity contribution in [1.82, 2.24) is 0 Å². The number of Topliss-reactive ketones (excluding diaryl/α,β-unsaturated/α-hetero) is 1. The number of anilines is 2. The Morgan fingerprint density at radius 2 is 1.59 bits per heavy atom. The number of benzene rings is 3. The van der Waals surface area contributed by atoms with Gasteiger partial charge in [0, 0.05) is 25.3 Å². The average Bonchev–Trinajstić information content (AvgIpc) is 2.73. The highest BCUT2D eigenvalue weighted by Gasteiger charge is 2.16. The number of rotatable bonds is 7. The van der Waals surface area contributed by atoms with Gasteiger partial charge in [-0.05, 0) is 42.8 Å². The normalized spacial score (nSPS) is 10.3. The molecule has 3 aromatic rings. The third-order valence-electron chi connectivity index (χ3n) is 4.52. The van der Waals surface area contributed by atoms with E-state index in [9.17, 15) is 9.59 Å². The summed E-state index contributed by atoms with van der Waals surface area (Å²) in [6.07, 6.45) is 0. The number of carbonyl (C=O) groups is 2. The molecule has 0 saturated heterocycles. The lowest BCUT2D eigenvalue weighted by Gasteiger charge is -2.17. The number of carbonyl (C=O) groups excluding carboxylic acids is 2. The van der Waals surface area contributed by atoms with Crippen LogP contribution in [0.15, 0.2) is 72.8 Å². The predicted molar refractivity (Wildman–Crippen MR) is 116 cm³/mol. The molecule has 0 aliphatic rings. The number of ketones is 1. The Labute approximate surface area is 170 Å². The third-order valence-corrected chi connectivity index (χ3v) is 4.52. The standard InChI is InChI=1S/C24H24N2O3/c1-17(27)21-15-19(26(2)3)13-14-22(21)25-24(28)20-11-7-8-12-23(20)29-16-18-9-5-4-6-10-18/h4-15H,16H2,1-3H3,(H,25,28). The van der Waals surface area contributed by atoms with Gasteiger partial charge in [0.15, 0.2) is 5.78 Å². The van der Waals surface area contributed by atoms with Crippen molar-refractivity contribution in [2.24, 2.45) is 0 Å². The maximum absolute atomic E-state index is 12.9. The Kier molecular flexibility index (Phi) is 6.29. The second-order valence-corrected chi connectivity index (χ2v) is 6.91. The highest BCUT2D eigenvalue weighted by atomic mass is 16.5. The zero-order valence-corrected chi connectivity index (χ0v) is 16.8. The molecule has 0 aliphatic carbocycles. The topological polar surface area (TPSA) is 58.6 Å². The summed E-state index contributed by atoms with van der Waals surface area (Å²) in [6.45, 7) is 1.85. The van der Waals surface area contributed by atoms with Crippen molar-refractivity contribution in [3.8, 4) is 5.75 Å². The number of para-hydroxylation sites is 1. The van der Waals surface area contributed by atoms with E-state index in [1.54, 1.807) is 30.3 Å². The zero-order valence-electron chi connectivity index (χ0n) is 16.8. The number of nitrogens with zero attached hydrogens (tertiary/aromatic N) is 1. The summed E-state index contributed by atoms with van der Waals surface area (Å²) in [5, 5.41) is 2.85. The summed E-state index contributed by atoms with van der Waals surface area (Å²) in [6, 6.07) is 22.2. The molecule has 0 fully saturated rings. The number of hydrogen-bond donors (Lipinski definition) is 1. The summed E-state index contributed by atoms with van der Waals surface area (Å²) in [5.74, 6) is 0.0505. The van der Waals surface area contributed by atoms with Crippen molar-refractivity contribution in [1.29, 1.82) is 0 Å². The van der Waals surface area contributed by atoms with Crippen LogP contribution in [0.25, 0.3) is 0 Å². The maximum Gasteiger partial charge on any atom is 0.259 e. The molecular formula is C24H24N2O3. The van der Waals surface area contributed by atoms with E-state index in [2.05, 4.69) is 5.32 Å². The second-order valence-electron chi connectivity index (χ2n) is 6.91. The van der Waals surface area contributed by atoms with Crippen molar-refractivity contribution >= 4 is 23.1 Å². The minimum Gasteiger partial charge on any atom is -0.488 e. The fourth-order valence-corrected chi connectivity index (χ4v) is 2.92. The lowest BCUT2D eigenvalue weighted by molar-refractivity contribution is 0.101. The van der Waals surface area contributed by atoms with Gasteiger partial charge in [0.2, 0.25) is 0 Å². The summed E-state index contributed by atoms with van der Waals surface area (Å²) >= 11 is 0. The molecule has 5 heteroatoms. The van der Waals surface area contributed by atoms with E-state index in [1.807, 2.05) is 61.5 Å². The fraction of sp³-hybridized carbons (Fsp3) is 0.167. The molecule has 0 unspecified atom stereocenters. The van der Waals surface area contributed by atoms with Gasteiger partial charge in [-0.2, -0.15) is 0 Å². The first kappa shape index (κ1) is 20.1. The lowest BCUT2D eigenvalue weighted by atomic mass is 10.1. The largest absolute Gasteiger partial charge is 0.488 e. The minimum absolute atomic E-state index is 0.113. The van der Waals surface area contributed by atoms with Gasteiger partial charge in [-0.25, -0.2) is 0 Å². The monoisotopic (exact) mass is 388 g/mol. The third kappa shape index (κ3) is 5.02. The van der Waals surface area contributed by atoms with Crippen LogP contribution in [0.5, 0.6) is 5.75 Å². The molecule has 1 amide bonds.